The maximum Gasteiger partial charge on any atom is 0.418 e. The van der Waals surface area contributed by atoms with Crippen LogP contribution < -0.4 is 11.2 Å². The Morgan fingerprint density at radius 3 is 2.44 bits per heavy atom. The van der Waals surface area contributed by atoms with Crippen molar-refractivity contribution in [2.75, 3.05) is 0 Å². The zero-order chi connectivity index (χ0) is 18.8. The molecular formula is C15H12ClF3N6O2. The van der Waals surface area contributed by atoms with Crippen LogP contribution in [0.3, 0.4) is 0 Å². The average Bonchev–Trinajstić information content (AvgIpc) is 3.09. The highest BCUT2D eigenvalue weighted by molar-refractivity contribution is 5.85. The van der Waals surface area contributed by atoms with Crippen LogP contribution in [-0.4, -0.2) is 29.1 Å². The lowest BCUT2D eigenvalue weighted by Gasteiger charge is -2.16. The lowest BCUT2D eigenvalue weighted by Crippen LogP contribution is -2.19. The van der Waals surface area contributed by atoms with Crippen LogP contribution in [0.4, 0.5) is 13.2 Å². The largest absolute Gasteiger partial charge is 0.418 e. The minimum absolute atomic E-state index is 0. The first-order valence-electron chi connectivity index (χ1n) is 7.44. The average molecular weight is 401 g/mol. The van der Waals surface area contributed by atoms with Crippen molar-refractivity contribution in [2.45, 2.75) is 20.0 Å². The van der Waals surface area contributed by atoms with Crippen molar-refractivity contribution in [3.05, 3.63) is 56.2 Å². The molecule has 0 aliphatic carbocycles. The predicted molar refractivity (Wildman–Crippen MR) is 92.8 cm³/mol. The molecule has 4 rings (SSSR count). The van der Waals surface area contributed by atoms with Crippen LogP contribution >= 0.6 is 12.4 Å². The van der Waals surface area contributed by atoms with Crippen LogP contribution in [-0.2, 0) is 6.18 Å². The van der Waals surface area contributed by atoms with E-state index >= 15 is 0 Å². The van der Waals surface area contributed by atoms with Crippen LogP contribution in [0, 0.1) is 13.8 Å². The van der Waals surface area contributed by atoms with E-state index in [1.165, 1.54) is 16.8 Å². The third kappa shape index (κ3) is 2.79. The minimum Gasteiger partial charge on any atom is -0.317 e. The molecule has 0 unspecified atom stereocenters. The van der Waals surface area contributed by atoms with Gasteiger partial charge in [0.05, 0.1) is 28.0 Å². The van der Waals surface area contributed by atoms with Gasteiger partial charge in [-0.25, -0.2) is 19.3 Å². The molecule has 27 heavy (non-hydrogen) atoms. The van der Waals surface area contributed by atoms with Crippen molar-refractivity contribution in [1.29, 1.82) is 0 Å². The van der Waals surface area contributed by atoms with Gasteiger partial charge in [0, 0.05) is 6.20 Å². The Bertz CT molecular complexity index is 1300. The molecule has 1 aromatic carbocycles. The third-order valence-corrected chi connectivity index (χ3v) is 4.05. The number of aryl methyl sites for hydroxylation is 2. The number of rotatable bonds is 1. The van der Waals surface area contributed by atoms with Gasteiger partial charge in [0.15, 0.2) is 0 Å². The highest BCUT2D eigenvalue weighted by Crippen LogP contribution is 2.36. The van der Waals surface area contributed by atoms with Crippen molar-refractivity contribution in [3.63, 3.8) is 0 Å². The monoisotopic (exact) mass is 400 g/mol. The van der Waals surface area contributed by atoms with Crippen molar-refractivity contribution < 1.29 is 13.2 Å². The summed E-state index contributed by atoms with van der Waals surface area (Å²) in [7, 11) is 0. The molecule has 0 atom stereocenters. The second-order valence-electron chi connectivity index (χ2n) is 5.83. The molecule has 0 amide bonds. The molecule has 0 saturated heterocycles. The molecule has 0 spiro atoms. The molecule has 0 saturated carbocycles. The Labute approximate surface area is 154 Å². The Balaban J connectivity index is 0.00000210. The predicted octanol–water partition coefficient (Wildman–Crippen LogP) is 2.11. The van der Waals surface area contributed by atoms with Crippen LogP contribution in [0.2, 0.25) is 0 Å². The van der Waals surface area contributed by atoms with Gasteiger partial charge in [0.2, 0.25) is 5.65 Å². The summed E-state index contributed by atoms with van der Waals surface area (Å²) in [5.41, 5.74) is -2.38. The van der Waals surface area contributed by atoms with E-state index in [4.69, 9.17) is 0 Å². The number of aromatic nitrogens is 6. The number of alkyl halides is 3. The van der Waals surface area contributed by atoms with E-state index in [0.717, 1.165) is 10.5 Å². The maximum atomic E-state index is 13.6. The number of hydrogen-bond acceptors (Lipinski definition) is 4. The van der Waals surface area contributed by atoms with Gasteiger partial charge in [-0.15, -0.1) is 17.5 Å². The molecular weight excluding hydrogens is 389 g/mol. The standard InChI is InChI=1S/C15H11F3N6O2.ClH/c1-6-5-23(7(2)19-6)10-4-11-9(3-8(10)15(16,17)18)20-13(25)12-21-22-14(26)24(11)12;/h3-5H,1-2H3,(H,20,25)(H,22,26);1H. The van der Waals surface area contributed by atoms with E-state index in [-0.39, 0.29) is 34.8 Å². The summed E-state index contributed by atoms with van der Waals surface area (Å²) in [5.74, 6) is 0.354. The number of hydrogen-bond donors (Lipinski definition) is 2. The van der Waals surface area contributed by atoms with Crippen LogP contribution in [0.5, 0.6) is 0 Å². The SMILES string of the molecule is Cc1cn(-c2cc3c(cc2C(F)(F)F)[nH]c(=O)c2n[nH]c(=O)n23)c(C)n1.Cl. The lowest BCUT2D eigenvalue weighted by atomic mass is 10.1. The summed E-state index contributed by atoms with van der Waals surface area (Å²) in [5, 5.41) is 5.73. The highest BCUT2D eigenvalue weighted by Gasteiger charge is 2.35. The van der Waals surface area contributed by atoms with E-state index in [9.17, 15) is 22.8 Å². The second kappa shape index (κ2) is 5.98. The van der Waals surface area contributed by atoms with Crippen molar-refractivity contribution in [3.8, 4) is 5.69 Å². The number of imidazole rings is 1. The third-order valence-electron chi connectivity index (χ3n) is 4.05. The molecule has 2 N–H and O–H groups in total. The van der Waals surface area contributed by atoms with Gasteiger partial charge in [-0.3, -0.25) is 4.79 Å². The number of aromatic amines is 2. The summed E-state index contributed by atoms with van der Waals surface area (Å²) in [4.78, 5) is 30.4. The van der Waals surface area contributed by atoms with Crippen molar-refractivity contribution in [1.82, 2.24) is 29.1 Å². The molecule has 0 fully saturated rings. The molecule has 3 heterocycles. The minimum atomic E-state index is -4.68. The van der Waals surface area contributed by atoms with E-state index in [1.54, 1.807) is 13.8 Å². The molecule has 4 aromatic rings. The molecule has 142 valence electrons. The van der Waals surface area contributed by atoms with E-state index < -0.39 is 23.0 Å². The zero-order valence-electron chi connectivity index (χ0n) is 13.9. The van der Waals surface area contributed by atoms with Crippen LogP contribution in [0.1, 0.15) is 17.1 Å². The molecule has 12 heteroatoms. The molecule has 0 bridgehead atoms. The summed E-state index contributed by atoms with van der Waals surface area (Å²) >= 11 is 0. The summed E-state index contributed by atoms with van der Waals surface area (Å²) in [6.07, 6.45) is -3.21. The molecule has 3 aromatic heterocycles. The number of fused-ring (bicyclic) bond motifs is 3. The molecule has 0 aliphatic heterocycles. The first-order valence-corrected chi connectivity index (χ1v) is 7.44. The summed E-state index contributed by atoms with van der Waals surface area (Å²) in [6, 6.07) is 1.99. The van der Waals surface area contributed by atoms with E-state index in [0.29, 0.717) is 11.5 Å². The summed E-state index contributed by atoms with van der Waals surface area (Å²) in [6.45, 7) is 3.23. The second-order valence-corrected chi connectivity index (χ2v) is 5.83. The van der Waals surface area contributed by atoms with E-state index in [1.807, 2.05) is 0 Å². The Kier molecular flexibility index (Phi) is 4.14. The van der Waals surface area contributed by atoms with Gasteiger partial charge in [0.1, 0.15) is 5.82 Å². The van der Waals surface area contributed by atoms with Gasteiger partial charge in [-0.2, -0.15) is 13.2 Å². The lowest BCUT2D eigenvalue weighted by molar-refractivity contribution is -0.137. The van der Waals surface area contributed by atoms with Gasteiger partial charge in [0.25, 0.3) is 5.56 Å². The van der Waals surface area contributed by atoms with Crippen molar-refractivity contribution in [2.24, 2.45) is 0 Å². The quantitative estimate of drug-likeness (QED) is 0.511. The number of halogens is 4. The topological polar surface area (TPSA) is 101 Å². The number of nitrogens with zero attached hydrogens (tertiary/aromatic N) is 4. The number of nitrogens with one attached hydrogen (secondary N) is 2. The van der Waals surface area contributed by atoms with Gasteiger partial charge in [-0.1, -0.05) is 0 Å². The van der Waals surface area contributed by atoms with Crippen LogP contribution in [0.15, 0.2) is 27.9 Å². The van der Waals surface area contributed by atoms with Crippen LogP contribution in [0.25, 0.3) is 22.4 Å². The Morgan fingerprint density at radius 2 is 1.85 bits per heavy atom. The molecule has 0 radical (unpaired) electrons. The maximum absolute atomic E-state index is 13.6. The van der Waals surface area contributed by atoms with Gasteiger partial charge >= 0.3 is 11.9 Å². The van der Waals surface area contributed by atoms with Gasteiger partial charge in [-0.05, 0) is 26.0 Å². The highest BCUT2D eigenvalue weighted by atomic mass is 35.5. The van der Waals surface area contributed by atoms with Crippen molar-refractivity contribution >= 4 is 29.1 Å². The number of benzene rings is 1. The molecule has 8 nitrogen and oxygen atoms in total. The van der Waals surface area contributed by atoms with Gasteiger partial charge < -0.3 is 9.55 Å². The fourth-order valence-electron chi connectivity index (χ4n) is 3.00. The first kappa shape index (κ1) is 18.7. The first-order chi connectivity index (χ1) is 12.2. The fourth-order valence-corrected chi connectivity index (χ4v) is 3.00. The van der Waals surface area contributed by atoms with E-state index in [2.05, 4.69) is 20.2 Å². The smallest absolute Gasteiger partial charge is 0.317 e. The Hall–Kier alpha value is -3.08. The zero-order valence-corrected chi connectivity index (χ0v) is 14.7. The fraction of sp³-hybridized carbons (Fsp3) is 0.200. The number of H-pyrrole nitrogens is 2. The normalized spacial score (nSPS) is 11.9. The Morgan fingerprint density at radius 1 is 1.15 bits per heavy atom. The summed E-state index contributed by atoms with van der Waals surface area (Å²) < 4.78 is 43.1. The molecule has 0 aliphatic rings.